The number of nitrogens with two attached hydrogens (primary N) is 1. The van der Waals surface area contributed by atoms with Gasteiger partial charge in [0.15, 0.2) is 0 Å². The lowest BCUT2D eigenvalue weighted by atomic mass is 10.1. The van der Waals surface area contributed by atoms with Crippen LogP contribution in [0, 0.1) is 0 Å². The summed E-state index contributed by atoms with van der Waals surface area (Å²) in [6.07, 6.45) is 0. The molecule has 1 rings (SSSR count). The van der Waals surface area contributed by atoms with E-state index in [-0.39, 0.29) is 18.5 Å². The molecule has 1 atom stereocenters. The van der Waals surface area contributed by atoms with Crippen LogP contribution in [0.3, 0.4) is 0 Å². The maximum atomic E-state index is 10.8. The zero-order chi connectivity index (χ0) is 11.4. The molecule has 0 heterocycles. The van der Waals surface area contributed by atoms with E-state index in [1.807, 2.05) is 43.1 Å². The van der Waals surface area contributed by atoms with Gasteiger partial charge in [0.05, 0.1) is 6.54 Å². The molecule has 1 aromatic carbocycles. The molecule has 4 heteroatoms. The fourth-order valence-corrected chi connectivity index (χ4v) is 1.50. The lowest BCUT2D eigenvalue weighted by Gasteiger charge is -2.23. The third-order valence-electron chi connectivity index (χ3n) is 2.42. The van der Waals surface area contributed by atoms with Gasteiger partial charge in [-0.2, -0.15) is 0 Å². The summed E-state index contributed by atoms with van der Waals surface area (Å²) in [5.41, 5.74) is 6.25. The van der Waals surface area contributed by atoms with Crippen LogP contribution >= 0.6 is 11.6 Å². The zero-order valence-corrected chi connectivity index (χ0v) is 9.66. The normalized spacial score (nSPS) is 12.8. The van der Waals surface area contributed by atoms with Gasteiger partial charge < -0.3 is 5.73 Å². The molecule has 0 fully saturated rings. The summed E-state index contributed by atoms with van der Waals surface area (Å²) in [6.45, 7) is 2.27. The van der Waals surface area contributed by atoms with Crippen LogP contribution in [0.4, 0.5) is 0 Å². The lowest BCUT2D eigenvalue weighted by molar-refractivity contribution is -0.119. The number of rotatable bonds is 4. The number of likely N-dealkylation sites (N-methyl/N-ethyl adjacent to an activating group) is 1. The van der Waals surface area contributed by atoms with Gasteiger partial charge in [-0.1, -0.05) is 23.7 Å². The predicted octanol–water partition coefficient (Wildman–Crippen LogP) is 1.82. The van der Waals surface area contributed by atoms with E-state index in [4.69, 9.17) is 17.3 Å². The molecular formula is C11H15ClN2O. The van der Waals surface area contributed by atoms with E-state index in [0.717, 1.165) is 5.56 Å². The Bertz CT molecular complexity index is 337. The van der Waals surface area contributed by atoms with Crippen molar-refractivity contribution in [3.63, 3.8) is 0 Å². The van der Waals surface area contributed by atoms with E-state index in [1.54, 1.807) is 0 Å². The Morgan fingerprint density at radius 3 is 2.47 bits per heavy atom. The summed E-state index contributed by atoms with van der Waals surface area (Å²) in [7, 11) is 1.87. The van der Waals surface area contributed by atoms with Crippen molar-refractivity contribution in [2.75, 3.05) is 13.6 Å². The average Bonchev–Trinajstić information content (AvgIpc) is 2.17. The zero-order valence-electron chi connectivity index (χ0n) is 8.90. The predicted molar refractivity (Wildman–Crippen MR) is 61.7 cm³/mol. The van der Waals surface area contributed by atoms with Crippen LogP contribution in [0.2, 0.25) is 5.02 Å². The van der Waals surface area contributed by atoms with Crippen molar-refractivity contribution in [3.05, 3.63) is 34.9 Å². The van der Waals surface area contributed by atoms with Gasteiger partial charge in [-0.05, 0) is 31.7 Å². The van der Waals surface area contributed by atoms with Crippen LogP contribution in [0.1, 0.15) is 18.5 Å². The number of carbonyl (C=O) groups is 1. The fraction of sp³-hybridized carbons (Fsp3) is 0.364. The molecular weight excluding hydrogens is 212 g/mol. The van der Waals surface area contributed by atoms with Crippen molar-refractivity contribution in [1.82, 2.24) is 4.90 Å². The standard InChI is InChI=1S/C11H15ClN2O/c1-8(14(2)7-11(13)15)9-3-5-10(12)6-4-9/h3-6,8H,7H2,1-2H3,(H2,13,15)/t8-/m1/s1. The smallest absolute Gasteiger partial charge is 0.231 e. The molecule has 0 bridgehead atoms. The lowest BCUT2D eigenvalue weighted by Crippen LogP contribution is -2.32. The van der Waals surface area contributed by atoms with Crippen LogP contribution in [0.5, 0.6) is 0 Å². The Morgan fingerprint density at radius 2 is 2.00 bits per heavy atom. The van der Waals surface area contributed by atoms with Crippen LogP contribution in [0.25, 0.3) is 0 Å². The molecule has 3 nitrogen and oxygen atoms in total. The summed E-state index contributed by atoms with van der Waals surface area (Å²) in [5, 5.41) is 0.712. The van der Waals surface area contributed by atoms with Crippen molar-refractivity contribution in [3.8, 4) is 0 Å². The number of hydrogen-bond donors (Lipinski definition) is 1. The summed E-state index contributed by atoms with van der Waals surface area (Å²) in [4.78, 5) is 12.7. The molecule has 0 radical (unpaired) electrons. The second kappa shape index (κ2) is 5.14. The molecule has 0 spiro atoms. The number of halogens is 1. The van der Waals surface area contributed by atoms with Crippen LogP contribution in [0.15, 0.2) is 24.3 Å². The monoisotopic (exact) mass is 226 g/mol. The van der Waals surface area contributed by atoms with E-state index in [0.29, 0.717) is 5.02 Å². The fourth-order valence-electron chi connectivity index (χ4n) is 1.38. The first-order chi connectivity index (χ1) is 7.00. The van der Waals surface area contributed by atoms with Crippen LogP contribution < -0.4 is 5.73 Å². The Morgan fingerprint density at radius 1 is 1.47 bits per heavy atom. The highest BCUT2D eigenvalue weighted by Gasteiger charge is 2.12. The van der Waals surface area contributed by atoms with Crippen LogP contribution in [-0.4, -0.2) is 24.4 Å². The molecule has 1 aromatic rings. The van der Waals surface area contributed by atoms with Crippen molar-refractivity contribution in [2.45, 2.75) is 13.0 Å². The van der Waals surface area contributed by atoms with E-state index >= 15 is 0 Å². The Labute approximate surface area is 94.8 Å². The van der Waals surface area contributed by atoms with Gasteiger partial charge in [-0.15, -0.1) is 0 Å². The van der Waals surface area contributed by atoms with Crippen molar-refractivity contribution < 1.29 is 4.79 Å². The molecule has 15 heavy (non-hydrogen) atoms. The average molecular weight is 227 g/mol. The van der Waals surface area contributed by atoms with Gasteiger partial charge in [0.25, 0.3) is 0 Å². The van der Waals surface area contributed by atoms with E-state index in [9.17, 15) is 4.79 Å². The number of benzene rings is 1. The highest BCUT2D eigenvalue weighted by molar-refractivity contribution is 6.30. The SMILES string of the molecule is C[C@H](c1ccc(Cl)cc1)N(C)CC(N)=O. The highest BCUT2D eigenvalue weighted by atomic mass is 35.5. The molecule has 0 aliphatic carbocycles. The van der Waals surface area contributed by atoms with E-state index in [1.165, 1.54) is 0 Å². The second-order valence-corrected chi connectivity index (χ2v) is 4.05. The molecule has 1 amide bonds. The maximum absolute atomic E-state index is 10.8. The Kier molecular flexibility index (Phi) is 4.12. The number of nitrogens with zero attached hydrogens (tertiary/aromatic N) is 1. The van der Waals surface area contributed by atoms with Gasteiger partial charge in [-0.25, -0.2) is 0 Å². The van der Waals surface area contributed by atoms with Crippen LogP contribution in [-0.2, 0) is 4.79 Å². The van der Waals surface area contributed by atoms with Gasteiger partial charge in [0.2, 0.25) is 5.91 Å². The summed E-state index contributed by atoms with van der Waals surface area (Å²) in [6, 6.07) is 7.72. The Balaban J connectivity index is 2.71. The maximum Gasteiger partial charge on any atom is 0.231 e. The van der Waals surface area contributed by atoms with E-state index in [2.05, 4.69) is 0 Å². The molecule has 0 aromatic heterocycles. The number of primary amides is 1. The third-order valence-corrected chi connectivity index (χ3v) is 2.67. The summed E-state index contributed by atoms with van der Waals surface area (Å²) >= 11 is 5.79. The minimum Gasteiger partial charge on any atom is -0.369 e. The minimum absolute atomic E-state index is 0.148. The molecule has 0 unspecified atom stereocenters. The molecule has 0 aliphatic heterocycles. The van der Waals surface area contributed by atoms with Gasteiger partial charge in [-0.3, -0.25) is 9.69 Å². The first-order valence-corrected chi connectivity index (χ1v) is 5.12. The highest BCUT2D eigenvalue weighted by Crippen LogP contribution is 2.20. The molecule has 0 aliphatic rings. The summed E-state index contributed by atoms with van der Waals surface area (Å²) < 4.78 is 0. The van der Waals surface area contributed by atoms with Crippen molar-refractivity contribution >= 4 is 17.5 Å². The Hall–Kier alpha value is -1.06. The van der Waals surface area contributed by atoms with Crippen molar-refractivity contribution in [1.29, 1.82) is 0 Å². The molecule has 0 saturated heterocycles. The summed E-state index contributed by atoms with van der Waals surface area (Å²) in [5.74, 6) is -0.321. The van der Waals surface area contributed by atoms with Gasteiger partial charge in [0.1, 0.15) is 0 Å². The minimum atomic E-state index is -0.321. The van der Waals surface area contributed by atoms with Gasteiger partial charge in [0, 0.05) is 11.1 Å². The molecule has 2 N–H and O–H groups in total. The second-order valence-electron chi connectivity index (χ2n) is 3.61. The number of hydrogen-bond acceptors (Lipinski definition) is 2. The first-order valence-electron chi connectivity index (χ1n) is 4.74. The quantitative estimate of drug-likeness (QED) is 0.851. The molecule has 0 saturated carbocycles. The molecule has 82 valence electrons. The largest absolute Gasteiger partial charge is 0.369 e. The number of amides is 1. The first kappa shape index (κ1) is 12.0. The van der Waals surface area contributed by atoms with E-state index < -0.39 is 0 Å². The topological polar surface area (TPSA) is 46.3 Å². The van der Waals surface area contributed by atoms with Gasteiger partial charge >= 0.3 is 0 Å². The third kappa shape index (κ3) is 3.53. The number of carbonyl (C=O) groups excluding carboxylic acids is 1. The van der Waals surface area contributed by atoms with Crippen molar-refractivity contribution in [2.24, 2.45) is 5.73 Å².